The van der Waals surface area contributed by atoms with Crippen molar-refractivity contribution in [1.82, 2.24) is 24.1 Å². The molecule has 15 nitrogen and oxygen atoms in total. The Balaban J connectivity index is 1.01. The predicted octanol–water partition coefficient (Wildman–Crippen LogP) is 2.24. The van der Waals surface area contributed by atoms with Gasteiger partial charge in [-0.1, -0.05) is 0 Å². The lowest BCUT2D eigenvalue weighted by Gasteiger charge is -2.37. The zero-order valence-corrected chi connectivity index (χ0v) is 30.7. The minimum Gasteiger partial charge on any atom is -0.369 e. The van der Waals surface area contributed by atoms with Gasteiger partial charge < -0.3 is 21.4 Å². The molecule has 288 valence electrons. The number of halogens is 2. The molecule has 0 amide bonds. The molecule has 6 N–H and O–H groups in total. The van der Waals surface area contributed by atoms with Gasteiger partial charge >= 0.3 is 11.4 Å². The number of hydrogen-bond donors (Lipinski definition) is 4. The second-order valence-electron chi connectivity index (χ2n) is 15.8. The minimum atomic E-state index is -1.31. The Morgan fingerprint density at radius 2 is 1.47 bits per heavy atom. The molecule has 2 aliphatic heterocycles. The third-order valence-electron chi connectivity index (χ3n) is 12.2. The molecule has 2 aliphatic carbocycles. The number of aromatic nitrogens is 4. The first-order valence-corrected chi connectivity index (χ1v) is 18.8. The fourth-order valence-corrected chi connectivity index (χ4v) is 9.21. The number of nitrogens with one attached hydrogen (secondary N) is 2. The number of nitrogen functional groups attached to an aromatic ring is 1. The lowest BCUT2D eigenvalue weighted by Crippen LogP contribution is -2.62. The van der Waals surface area contributed by atoms with E-state index in [4.69, 9.17) is 11.6 Å². The van der Waals surface area contributed by atoms with Gasteiger partial charge in [-0.15, -0.1) is 0 Å². The maximum Gasteiger partial charge on any atom is 0.350 e. The molecule has 4 atom stereocenters. The van der Waals surface area contributed by atoms with Crippen LogP contribution in [0.5, 0.6) is 0 Å². The van der Waals surface area contributed by atoms with Gasteiger partial charge in [0.15, 0.2) is 0 Å². The smallest absolute Gasteiger partial charge is 0.350 e. The standard InChI is InChI=1S/C38H43F2N11O4/c1-19-30-26(34(52)45-36(54)49(30)24-3-4-24)14-28(39)32(19)47-11-7-21(17-47)13-23(16-42)46-38(43,9-10-41)22-8-12-48(18-22)33-20(2)31-27(15-29(33)40)35(53)51(44)37(55)50(31)25-5-6-25/h14-15,21-25,46H,3-9,11-13,17-18,43-44H2,1-2H3,(H,45,52,54). The molecule has 4 aliphatic rings. The van der Waals surface area contributed by atoms with Crippen molar-refractivity contribution in [3.05, 3.63) is 76.6 Å². The van der Waals surface area contributed by atoms with Crippen molar-refractivity contribution in [2.24, 2.45) is 17.6 Å². The fraction of sp³-hybridized carbons (Fsp3) is 0.526. The number of nitriles is 2. The summed E-state index contributed by atoms with van der Waals surface area (Å²) in [6.07, 6.45) is 4.46. The Morgan fingerprint density at radius 1 is 0.891 bits per heavy atom. The molecule has 55 heavy (non-hydrogen) atoms. The number of anilines is 2. The Labute approximate surface area is 313 Å². The molecule has 2 aromatic heterocycles. The molecule has 2 saturated heterocycles. The third kappa shape index (κ3) is 6.06. The monoisotopic (exact) mass is 755 g/mol. The average molecular weight is 756 g/mol. The van der Waals surface area contributed by atoms with E-state index in [1.807, 2.05) is 9.80 Å². The van der Waals surface area contributed by atoms with Gasteiger partial charge in [0, 0.05) is 55.3 Å². The molecule has 4 unspecified atom stereocenters. The number of benzene rings is 2. The van der Waals surface area contributed by atoms with Gasteiger partial charge in [0.2, 0.25) is 0 Å². The first-order chi connectivity index (χ1) is 26.3. The predicted molar refractivity (Wildman–Crippen MR) is 202 cm³/mol. The highest BCUT2D eigenvalue weighted by Crippen LogP contribution is 2.42. The van der Waals surface area contributed by atoms with Crippen molar-refractivity contribution in [3.63, 3.8) is 0 Å². The first kappa shape index (κ1) is 36.5. The summed E-state index contributed by atoms with van der Waals surface area (Å²) in [6.45, 7) is 4.97. The number of nitrogens with two attached hydrogens (primary N) is 2. The molecule has 4 fully saturated rings. The van der Waals surface area contributed by atoms with E-state index < -0.39 is 45.8 Å². The SMILES string of the molecule is Cc1c(N2CCC(CC(C#N)NC(N)(CC#N)C3CCN(c4c(F)cc5c(=O)n(N)c(=O)n(C6CC6)c5c4C)C3)C2)c(F)cc2c(=O)[nH]c(=O)n(C3CC3)c12. The van der Waals surface area contributed by atoms with E-state index in [0.717, 1.165) is 31.7 Å². The molecule has 0 bridgehead atoms. The van der Waals surface area contributed by atoms with Crippen LogP contribution in [-0.2, 0) is 0 Å². The summed E-state index contributed by atoms with van der Waals surface area (Å²) in [4.78, 5) is 57.5. The molecule has 2 aromatic carbocycles. The van der Waals surface area contributed by atoms with E-state index in [-0.39, 0.29) is 53.3 Å². The highest BCUT2D eigenvalue weighted by Gasteiger charge is 2.43. The number of rotatable bonds is 10. The van der Waals surface area contributed by atoms with Gasteiger partial charge in [-0.25, -0.2) is 18.4 Å². The Bertz CT molecular complexity index is 2590. The average Bonchev–Trinajstić information content (AvgIpc) is 4.06. The van der Waals surface area contributed by atoms with Gasteiger partial charge in [-0.3, -0.25) is 29.0 Å². The summed E-state index contributed by atoms with van der Waals surface area (Å²) < 4.78 is 35.2. The van der Waals surface area contributed by atoms with Crippen molar-refractivity contribution in [1.29, 1.82) is 10.5 Å². The van der Waals surface area contributed by atoms with Crippen LogP contribution in [0.2, 0.25) is 0 Å². The highest BCUT2D eigenvalue weighted by molar-refractivity contribution is 5.88. The molecule has 4 aromatic rings. The number of H-pyrrole nitrogens is 1. The molecule has 8 rings (SSSR count). The van der Waals surface area contributed by atoms with Crippen LogP contribution in [0.3, 0.4) is 0 Å². The Hall–Kier alpha value is -5.52. The summed E-state index contributed by atoms with van der Waals surface area (Å²) >= 11 is 0. The van der Waals surface area contributed by atoms with Gasteiger partial charge in [0.1, 0.15) is 11.6 Å². The molecule has 0 radical (unpaired) electrons. The molecule has 17 heteroatoms. The number of fused-ring (bicyclic) bond motifs is 2. The van der Waals surface area contributed by atoms with E-state index in [2.05, 4.69) is 22.4 Å². The molecule has 2 saturated carbocycles. The van der Waals surface area contributed by atoms with E-state index in [1.54, 1.807) is 18.4 Å². The Kier molecular flexibility index (Phi) is 8.85. The summed E-state index contributed by atoms with van der Waals surface area (Å²) in [6, 6.07) is 5.87. The van der Waals surface area contributed by atoms with Crippen LogP contribution < -0.4 is 49.2 Å². The van der Waals surface area contributed by atoms with Crippen molar-refractivity contribution >= 4 is 33.2 Å². The second-order valence-corrected chi connectivity index (χ2v) is 15.8. The minimum absolute atomic E-state index is 0.0254. The molecule has 0 spiro atoms. The van der Waals surface area contributed by atoms with Crippen LogP contribution in [0.4, 0.5) is 20.2 Å². The normalized spacial score (nSPS) is 21.6. The lowest BCUT2D eigenvalue weighted by atomic mass is 9.87. The van der Waals surface area contributed by atoms with Crippen LogP contribution in [0, 0.1) is 60.0 Å². The number of hydrogen-bond acceptors (Lipinski definition) is 11. The highest BCUT2D eigenvalue weighted by atomic mass is 19.1. The van der Waals surface area contributed by atoms with Crippen molar-refractivity contribution in [3.8, 4) is 12.1 Å². The van der Waals surface area contributed by atoms with E-state index in [0.29, 0.717) is 71.4 Å². The van der Waals surface area contributed by atoms with Gasteiger partial charge in [-0.05, 0) is 76.8 Å². The van der Waals surface area contributed by atoms with E-state index in [1.165, 1.54) is 10.6 Å². The van der Waals surface area contributed by atoms with Crippen LogP contribution >= 0.6 is 0 Å². The topological polar surface area (TPSA) is 217 Å². The summed E-state index contributed by atoms with van der Waals surface area (Å²) in [5.41, 5.74) is 5.42. The lowest BCUT2D eigenvalue weighted by molar-refractivity contribution is 0.211. The van der Waals surface area contributed by atoms with E-state index >= 15 is 8.78 Å². The summed E-state index contributed by atoms with van der Waals surface area (Å²) in [5.74, 6) is 4.18. The number of aromatic amines is 1. The maximum absolute atomic E-state index is 15.9. The largest absolute Gasteiger partial charge is 0.369 e. The van der Waals surface area contributed by atoms with Crippen molar-refractivity contribution in [2.75, 3.05) is 41.8 Å². The zero-order valence-electron chi connectivity index (χ0n) is 30.7. The molecule has 4 heterocycles. The van der Waals surface area contributed by atoms with Gasteiger partial charge in [0.05, 0.1) is 63.4 Å². The van der Waals surface area contributed by atoms with Gasteiger partial charge in [-0.2, -0.15) is 15.2 Å². The van der Waals surface area contributed by atoms with Crippen molar-refractivity contribution in [2.45, 2.75) is 89.0 Å². The maximum atomic E-state index is 15.9. The number of aryl methyl sites for hydroxylation is 2. The quantitative estimate of drug-likeness (QED) is 0.136. The molecular weight excluding hydrogens is 712 g/mol. The van der Waals surface area contributed by atoms with Crippen LogP contribution in [0.1, 0.15) is 74.6 Å². The van der Waals surface area contributed by atoms with Crippen molar-refractivity contribution < 1.29 is 8.78 Å². The second kappa shape index (κ2) is 13.3. The Morgan fingerprint density at radius 3 is 2.09 bits per heavy atom. The fourth-order valence-electron chi connectivity index (χ4n) is 9.21. The third-order valence-corrected chi connectivity index (χ3v) is 12.2. The van der Waals surface area contributed by atoms with Gasteiger partial charge in [0.25, 0.3) is 11.1 Å². The summed E-state index contributed by atoms with van der Waals surface area (Å²) in [5, 5.41) is 23.6. The zero-order chi connectivity index (χ0) is 39.1. The van der Waals surface area contributed by atoms with Crippen LogP contribution in [0.15, 0.2) is 31.3 Å². The van der Waals surface area contributed by atoms with Crippen LogP contribution in [0.25, 0.3) is 21.8 Å². The summed E-state index contributed by atoms with van der Waals surface area (Å²) in [7, 11) is 0. The van der Waals surface area contributed by atoms with Crippen LogP contribution in [-0.4, -0.2) is 56.7 Å². The van der Waals surface area contributed by atoms with E-state index in [9.17, 15) is 29.7 Å². The molecular formula is C38H43F2N11O4. The first-order valence-electron chi connectivity index (χ1n) is 18.8. The number of nitrogens with zero attached hydrogens (tertiary/aromatic N) is 7.